The number of rotatable bonds is 3. The van der Waals surface area contributed by atoms with Gasteiger partial charge in [-0.2, -0.15) is 23.4 Å². The summed E-state index contributed by atoms with van der Waals surface area (Å²) in [6.45, 7) is 1.66. The molecule has 0 unspecified atom stereocenters. The van der Waals surface area contributed by atoms with Gasteiger partial charge in [-0.3, -0.25) is 9.36 Å². The Bertz CT molecular complexity index is 1140. The van der Waals surface area contributed by atoms with Crippen LogP contribution in [-0.2, 0) is 19.8 Å². The molecule has 0 saturated carbocycles. The van der Waals surface area contributed by atoms with Crippen molar-refractivity contribution >= 4 is 16.9 Å². The SMILES string of the molecule is Cc1nc2nonc2c(N)c1Cn1cc(-c2ccnn2C)c(C(F)(F)F)n1. The number of pyridine rings is 1. The lowest BCUT2D eigenvalue weighted by Crippen LogP contribution is -2.11. The molecular formula is C15H13F3N8O. The molecule has 0 aromatic carbocycles. The maximum absolute atomic E-state index is 13.5. The van der Waals surface area contributed by atoms with E-state index in [0.717, 1.165) is 0 Å². The number of hydrogen-bond donors (Lipinski definition) is 1. The van der Waals surface area contributed by atoms with Gasteiger partial charge < -0.3 is 5.73 Å². The van der Waals surface area contributed by atoms with Gasteiger partial charge in [-0.25, -0.2) is 9.61 Å². The van der Waals surface area contributed by atoms with Crippen LogP contribution >= 0.6 is 0 Å². The van der Waals surface area contributed by atoms with E-state index >= 15 is 0 Å². The van der Waals surface area contributed by atoms with E-state index in [2.05, 4.69) is 30.1 Å². The van der Waals surface area contributed by atoms with E-state index in [-0.39, 0.29) is 29.0 Å². The third-order valence-corrected chi connectivity index (χ3v) is 4.21. The quantitative estimate of drug-likeness (QED) is 0.581. The first-order chi connectivity index (χ1) is 12.8. The maximum Gasteiger partial charge on any atom is 0.435 e. The summed E-state index contributed by atoms with van der Waals surface area (Å²) >= 11 is 0. The Morgan fingerprint density at radius 2 is 2.04 bits per heavy atom. The highest BCUT2D eigenvalue weighted by Gasteiger charge is 2.38. The van der Waals surface area contributed by atoms with Crippen molar-refractivity contribution in [3.05, 3.63) is 35.4 Å². The van der Waals surface area contributed by atoms with Gasteiger partial charge in [-0.1, -0.05) is 0 Å². The Hall–Kier alpha value is -3.44. The van der Waals surface area contributed by atoms with E-state index in [9.17, 15) is 13.2 Å². The fraction of sp³-hybridized carbons (Fsp3) is 0.267. The molecule has 2 N–H and O–H groups in total. The average Bonchev–Trinajstić information content (AvgIpc) is 3.29. The monoisotopic (exact) mass is 378 g/mol. The predicted molar refractivity (Wildman–Crippen MR) is 87.3 cm³/mol. The first-order valence-corrected chi connectivity index (χ1v) is 7.76. The Morgan fingerprint density at radius 3 is 2.70 bits per heavy atom. The molecule has 0 saturated heterocycles. The van der Waals surface area contributed by atoms with Gasteiger partial charge in [0, 0.05) is 30.7 Å². The molecule has 0 bridgehead atoms. The summed E-state index contributed by atoms with van der Waals surface area (Å²) in [6.07, 6.45) is -1.89. The lowest BCUT2D eigenvalue weighted by molar-refractivity contribution is -0.141. The van der Waals surface area contributed by atoms with E-state index in [0.29, 0.717) is 17.0 Å². The largest absolute Gasteiger partial charge is 0.435 e. The first kappa shape index (κ1) is 17.0. The molecule has 4 aromatic heterocycles. The minimum atomic E-state index is -4.62. The van der Waals surface area contributed by atoms with Crippen LogP contribution in [0.25, 0.3) is 22.4 Å². The van der Waals surface area contributed by atoms with Crippen LogP contribution in [0.5, 0.6) is 0 Å². The number of halogens is 3. The van der Waals surface area contributed by atoms with Gasteiger partial charge in [0.2, 0.25) is 5.65 Å². The zero-order valence-electron chi connectivity index (χ0n) is 14.2. The summed E-state index contributed by atoms with van der Waals surface area (Å²) in [5.41, 5.74) is 7.03. The maximum atomic E-state index is 13.5. The molecule has 0 spiro atoms. The van der Waals surface area contributed by atoms with E-state index in [4.69, 9.17) is 5.73 Å². The summed E-state index contributed by atoms with van der Waals surface area (Å²) in [6, 6.07) is 1.49. The number of hydrogen-bond acceptors (Lipinski definition) is 7. The normalized spacial score (nSPS) is 12.2. The van der Waals surface area contributed by atoms with Crippen LogP contribution in [0.2, 0.25) is 0 Å². The van der Waals surface area contributed by atoms with E-state index in [1.165, 1.54) is 27.8 Å². The van der Waals surface area contributed by atoms with Gasteiger partial charge >= 0.3 is 6.18 Å². The summed E-state index contributed by atoms with van der Waals surface area (Å²) < 4.78 is 47.6. The van der Waals surface area contributed by atoms with Gasteiger partial charge in [-0.05, 0) is 23.3 Å². The minimum Gasteiger partial charge on any atom is -0.396 e. The number of fused-ring (bicyclic) bond motifs is 1. The highest BCUT2D eigenvalue weighted by atomic mass is 19.4. The van der Waals surface area contributed by atoms with Gasteiger partial charge in [-0.15, -0.1) is 0 Å². The molecule has 0 fully saturated rings. The number of aryl methyl sites for hydroxylation is 2. The molecule has 4 aromatic rings. The lowest BCUT2D eigenvalue weighted by Gasteiger charge is -2.08. The summed E-state index contributed by atoms with van der Waals surface area (Å²) in [4.78, 5) is 4.21. The van der Waals surface area contributed by atoms with Crippen LogP contribution in [0, 0.1) is 6.92 Å². The molecule has 4 heterocycles. The molecule has 9 nitrogen and oxygen atoms in total. The molecule has 27 heavy (non-hydrogen) atoms. The second kappa shape index (κ2) is 5.79. The van der Waals surface area contributed by atoms with E-state index in [1.807, 2.05) is 0 Å². The van der Waals surface area contributed by atoms with E-state index < -0.39 is 11.9 Å². The molecule has 4 rings (SSSR count). The molecule has 0 aliphatic rings. The first-order valence-electron chi connectivity index (χ1n) is 7.76. The van der Waals surface area contributed by atoms with Crippen molar-refractivity contribution in [3.8, 4) is 11.3 Å². The number of aromatic nitrogens is 7. The number of nitrogens with two attached hydrogens (primary N) is 1. The van der Waals surface area contributed by atoms with Crippen LogP contribution in [0.15, 0.2) is 23.1 Å². The fourth-order valence-corrected chi connectivity index (χ4v) is 2.89. The molecular weight excluding hydrogens is 365 g/mol. The second-order valence-corrected chi connectivity index (χ2v) is 5.95. The Balaban J connectivity index is 1.82. The van der Waals surface area contributed by atoms with Crippen molar-refractivity contribution in [3.63, 3.8) is 0 Å². The molecule has 0 amide bonds. The van der Waals surface area contributed by atoms with Crippen LogP contribution in [0.4, 0.5) is 18.9 Å². The van der Waals surface area contributed by atoms with Crippen LogP contribution in [-0.4, -0.2) is 34.9 Å². The van der Waals surface area contributed by atoms with Crippen LogP contribution in [0.1, 0.15) is 17.0 Å². The minimum absolute atomic E-state index is 0.0194. The summed E-state index contributed by atoms with van der Waals surface area (Å²) in [7, 11) is 1.56. The van der Waals surface area contributed by atoms with Crippen molar-refractivity contribution in [2.75, 3.05) is 5.73 Å². The second-order valence-electron chi connectivity index (χ2n) is 5.95. The van der Waals surface area contributed by atoms with Crippen LogP contribution in [0.3, 0.4) is 0 Å². The van der Waals surface area contributed by atoms with Gasteiger partial charge in [0.15, 0.2) is 11.2 Å². The molecule has 0 atom stereocenters. The average molecular weight is 378 g/mol. The smallest absolute Gasteiger partial charge is 0.396 e. The van der Waals surface area contributed by atoms with Crippen molar-refractivity contribution in [1.29, 1.82) is 0 Å². The number of nitrogens with zero attached hydrogens (tertiary/aromatic N) is 7. The third kappa shape index (κ3) is 2.78. The molecule has 0 radical (unpaired) electrons. The Kier molecular flexibility index (Phi) is 3.64. The molecule has 140 valence electrons. The van der Waals surface area contributed by atoms with Gasteiger partial charge in [0.1, 0.15) is 0 Å². The van der Waals surface area contributed by atoms with Crippen molar-refractivity contribution in [1.82, 2.24) is 34.9 Å². The summed E-state index contributed by atoms with van der Waals surface area (Å²) in [5, 5.41) is 15.0. The van der Waals surface area contributed by atoms with Crippen LogP contribution < -0.4 is 5.73 Å². The van der Waals surface area contributed by atoms with Crippen molar-refractivity contribution in [2.24, 2.45) is 7.05 Å². The zero-order chi connectivity index (χ0) is 19.3. The van der Waals surface area contributed by atoms with Crippen molar-refractivity contribution in [2.45, 2.75) is 19.6 Å². The Labute approximate surface area is 149 Å². The lowest BCUT2D eigenvalue weighted by atomic mass is 10.1. The standard InChI is InChI=1S/C15H13F3N8O/c1-7-8(11(19)12-14(21-7)24-27-23-12)5-26-6-9(10-3-4-20-25(10)2)13(22-26)15(16,17)18/h3-4,6H,5,19H2,1-2H3. The predicted octanol–water partition coefficient (Wildman–Crippen LogP) is 2.17. The number of anilines is 1. The van der Waals surface area contributed by atoms with Gasteiger partial charge in [0.05, 0.1) is 23.5 Å². The van der Waals surface area contributed by atoms with E-state index in [1.54, 1.807) is 14.0 Å². The topological polar surface area (TPSA) is 113 Å². The highest BCUT2D eigenvalue weighted by Crippen LogP contribution is 2.36. The zero-order valence-corrected chi connectivity index (χ0v) is 14.2. The van der Waals surface area contributed by atoms with Crippen molar-refractivity contribution < 1.29 is 17.8 Å². The third-order valence-electron chi connectivity index (χ3n) is 4.21. The molecule has 0 aliphatic heterocycles. The molecule has 12 heteroatoms. The Morgan fingerprint density at radius 1 is 1.26 bits per heavy atom. The highest BCUT2D eigenvalue weighted by molar-refractivity contribution is 5.85. The fourth-order valence-electron chi connectivity index (χ4n) is 2.89. The summed E-state index contributed by atoms with van der Waals surface area (Å²) in [5.74, 6) is 0. The van der Waals surface area contributed by atoms with Gasteiger partial charge in [0.25, 0.3) is 0 Å². The molecule has 0 aliphatic carbocycles. The number of alkyl halides is 3. The number of nitrogen functional groups attached to an aromatic ring is 1.